The molecule has 0 aromatic carbocycles. The first kappa shape index (κ1) is 8.70. The minimum atomic E-state index is -0.653. The molecule has 66 valence electrons. The lowest BCUT2D eigenvalue weighted by atomic mass is 10.2. The zero-order valence-corrected chi connectivity index (χ0v) is 6.96. The van der Waals surface area contributed by atoms with Crippen LogP contribution in [0.4, 0.5) is 0 Å². The molecular weight excluding hydrogens is 160 g/mol. The quantitative estimate of drug-likeness (QED) is 0.507. The molecule has 1 saturated heterocycles. The highest BCUT2D eigenvalue weighted by Gasteiger charge is 2.36. The summed E-state index contributed by atoms with van der Waals surface area (Å²) in [5, 5.41) is 2.40. The molecule has 1 aliphatic rings. The van der Waals surface area contributed by atoms with E-state index in [1.54, 1.807) is 0 Å². The van der Waals surface area contributed by atoms with Crippen molar-refractivity contribution in [2.45, 2.75) is 19.4 Å². The van der Waals surface area contributed by atoms with Crippen LogP contribution >= 0.6 is 0 Å². The summed E-state index contributed by atoms with van der Waals surface area (Å²) in [6.07, 6.45) is 0.0783. The molecule has 1 fully saturated rings. The molecule has 5 heteroatoms. The van der Waals surface area contributed by atoms with Crippen molar-refractivity contribution in [2.75, 3.05) is 7.05 Å². The maximum Gasteiger partial charge on any atom is 0.252 e. The monoisotopic (exact) mass is 170 g/mol. The number of likely N-dealkylation sites (tertiary alicyclic amines) is 1. The summed E-state index contributed by atoms with van der Waals surface area (Å²) < 4.78 is 0. The molecule has 0 aromatic rings. The second kappa shape index (κ2) is 2.92. The molecule has 1 heterocycles. The molecule has 0 spiro atoms. The normalized spacial score (nSPS) is 23.2. The van der Waals surface area contributed by atoms with Crippen LogP contribution in [0.3, 0.4) is 0 Å². The maximum atomic E-state index is 11.1. The highest BCUT2D eigenvalue weighted by molar-refractivity contribution is 6.06. The van der Waals surface area contributed by atoms with Crippen molar-refractivity contribution >= 4 is 17.7 Å². The molecule has 0 aliphatic carbocycles. The van der Waals surface area contributed by atoms with Crippen molar-refractivity contribution in [1.29, 1.82) is 0 Å². The number of rotatable bonds is 1. The third-order valence-electron chi connectivity index (χ3n) is 1.76. The van der Waals surface area contributed by atoms with Gasteiger partial charge in [-0.25, -0.2) is 0 Å². The first-order valence-corrected chi connectivity index (χ1v) is 3.60. The molecule has 12 heavy (non-hydrogen) atoms. The van der Waals surface area contributed by atoms with Gasteiger partial charge < -0.3 is 5.32 Å². The summed E-state index contributed by atoms with van der Waals surface area (Å²) in [6, 6.07) is -0.653. The minimum Gasteiger partial charge on any atom is -0.344 e. The van der Waals surface area contributed by atoms with Gasteiger partial charge in [-0.2, -0.15) is 0 Å². The predicted octanol–water partition coefficient (Wildman–Crippen LogP) is -1.12. The van der Waals surface area contributed by atoms with Crippen LogP contribution in [0.1, 0.15) is 13.3 Å². The standard InChI is InChI=1S/C7H10N2O3/c1-4(10)8-5-3-6(11)9(2)7(5)12/h5H,3H2,1-2H3,(H,8,10). The van der Waals surface area contributed by atoms with Crippen LogP contribution in [-0.4, -0.2) is 35.7 Å². The van der Waals surface area contributed by atoms with Gasteiger partial charge in [0.25, 0.3) is 5.91 Å². The Morgan fingerprint density at radius 1 is 1.58 bits per heavy atom. The van der Waals surface area contributed by atoms with Gasteiger partial charge in [-0.1, -0.05) is 0 Å². The molecule has 5 nitrogen and oxygen atoms in total. The third-order valence-corrected chi connectivity index (χ3v) is 1.76. The second-order valence-electron chi connectivity index (χ2n) is 2.75. The van der Waals surface area contributed by atoms with E-state index in [1.807, 2.05) is 0 Å². The molecule has 1 unspecified atom stereocenters. The van der Waals surface area contributed by atoms with Gasteiger partial charge in [0.15, 0.2) is 0 Å². The SMILES string of the molecule is CC(=O)NC1CC(=O)N(C)C1=O. The van der Waals surface area contributed by atoms with Gasteiger partial charge in [0.1, 0.15) is 6.04 Å². The molecule has 1 rings (SSSR count). The minimum absolute atomic E-state index is 0.0783. The average Bonchev–Trinajstić information content (AvgIpc) is 2.17. The van der Waals surface area contributed by atoms with Gasteiger partial charge in [0, 0.05) is 14.0 Å². The fourth-order valence-corrected chi connectivity index (χ4v) is 1.11. The van der Waals surface area contributed by atoms with Crippen molar-refractivity contribution in [3.8, 4) is 0 Å². The van der Waals surface area contributed by atoms with E-state index in [2.05, 4.69) is 5.32 Å². The van der Waals surface area contributed by atoms with Crippen molar-refractivity contribution < 1.29 is 14.4 Å². The number of likely N-dealkylation sites (N-methyl/N-ethyl adjacent to an activating group) is 1. The molecular formula is C7H10N2O3. The number of imide groups is 1. The number of carbonyl (C=O) groups is 3. The number of carbonyl (C=O) groups excluding carboxylic acids is 3. The third kappa shape index (κ3) is 1.44. The van der Waals surface area contributed by atoms with Crippen molar-refractivity contribution in [3.63, 3.8) is 0 Å². The summed E-state index contributed by atoms with van der Waals surface area (Å²) in [5.74, 6) is -0.884. The summed E-state index contributed by atoms with van der Waals surface area (Å²) in [6.45, 7) is 1.32. The van der Waals surface area contributed by atoms with Crippen molar-refractivity contribution in [1.82, 2.24) is 10.2 Å². The lowest BCUT2D eigenvalue weighted by Gasteiger charge is -2.08. The van der Waals surface area contributed by atoms with Gasteiger partial charge in [-0.15, -0.1) is 0 Å². The molecule has 3 amide bonds. The van der Waals surface area contributed by atoms with E-state index in [-0.39, 0.29) is 24.1 Å². The number of amides is 3. The summed E-state index contributed by atoms with van der Waals surface area (Å²) >= 11 is 0. The van der Waals surface area contributed by atoms with Crippen LogP contribution in [-0.2, 0) is 14.4 Å². The van der Waals surface area contributed by atoms with E-state index in [0.717, 1.165) is 4.90 Å². The topological polar surface area (TPSA) is 66.5 Å². The predicted molar refractivity (Wildman–Crippen MR) is 40.0 cm³/mol. The fourth-order valence-electron chi connectivity index (χ4n) is 1.11. The summed E-state index contributed by atoms with van der Waals surface area (Å²) in [4.78, 5) is 33.7. The van der Waals surface area contributed by atoms with Crippen molar-refractivity contribution in [2.24, 2.45) is 0 Å². The van der Waals surface area contributed by atoms with Gasteiger partial charge in [-0.3, -0.25) is 19.3 Å². The zero-order valence-electron chi connectivity index (χ0n) is 6.96. The Kier molecular flexibility index (Phi) is 2.12. The Morgan fingerprint density at radius 3 is 2.50 bits per heavy atom. The van der Waals surface area contributed by atoms with Gasteiger partial charge in [0.05, 0.1) is 6.42 Å². The van der Waals surface area contributed by atoms with Crippen LogP contribution in [0.5, 0.6) is 0 Å². The number of hydrogen-bond acceptors (Lipinski definition) is 3. The first-order chi connectivity index (χ1) is 5.52. The van der Waals surface area contributed by atoms with Crippen molar-refractivity contribution in [3.05, 3.63) is 0 Å². The Labute approximate surface area is 69.7 Å². The van der Waals surface area contributed by atoms with E-state index >= 15 is 0 Å². The summed E-state index contributed by atoms with van der Waals surface area (Å²) in [5.41, 5.74) is 0. The first-order valence-electron chi connectivity index (χ1n) is 3.60. The lowest BCUT2D eigenvalue weighted by Crippen LogP contribution is -2.39. The fraction of sp³-hybridized carbons (Fsp3) is 0.571. The van der Waals surface area contributed by atoms with Crippen LogP contribution < -0.4 is 5.32 Å². The van der Waals surface area contributed by atoms with Gasteiger partial charge in [-0.05, 0) is 0 Å². The zero-order chi connectivity index (χ0) is 9.30. The molecule has 0 aromatic heterocycles. The van der Waals surface area contributed by atoms with Crippen LogP contribution in [0.25, 0.3) is 0 Å². The molecule has 0 saturated carbocycles. The summed E-state index contributed by atoms with van der Waals surface area (Å²) in [7, 11) is 1.41. The Bertz CT molecular complexity index is 247. The van der Waals surface area contributed by atoms with E-state index in [9.17, 15) is 14.4 Å². The lowest BCUT2D eigenvalue weighted by molar-refractivity contribution is -0.138. The Balaban J connectivity index is 2.65. The second-order valence-corrected chi connectivity index (χ2v) is 2.75. The van der Waals surface area contributed by atoms with Gasteiger partial charge >= 0.3 is 0 Å². The highest BCUT2D eigenvalue weighted by atomic mass is 16.2. The highest BCUT2D eigenvalue weighted by Crippen LogP contribution is 2.09. The average molecular weight is 170 g/mol. The van der Waals surface area contributed by atoms with E-state index in [1.165, 1.54) is 14.0 Å². The molecule has 1 N–H and O–H groups in total. The van der Waals surface area contributed by atoms with E-state index < -0.39 is 6.04 Å². The largest absolute Gasteiger partial charge is 0.344 e. The molecule has 1 aliphatic heterocycles. The van der Waals surface area contributed by atoms with Crippen LogP contribution in [0.15, 0.2) is 0 Å². The smallest absolute Gasteiger partial charge is 0.252 e. The Hall–Kier alpha value is -1.39. The van der Waals surface area contributed by atoms with Crippen LogP contribution in [0.2, 0.25) is 0 Å². The molecule has 0 radical (unpaired) electrons. The maximum absolute atomic E-state index is 11.1. The number of nitrogens with one attached hydrogen (secondary N) is 1. The number of nitrogens with zero attached hydrogens (tertiary/aromatic N) is 1. The molecule has 1 atom stereocenters. The molecule has 0 bridgehead atoms. The van der Waals surface area contributed by atoms with E-state index in [4.69, 9.17) is 0 Å². The van der Waals surface area contributed by atoms with Gasteiger partial charge in [0.2, 0.25) is 11.8 Å². The number of hydrogen-bond donors (Lipinski definition) is 1. The van der Waals surface area contributed by atoms with Crippen LogP contribution in [0, 0.1) is 0 Å². The Morgan fingerprint density at radius 2 is 2.17 bits per heavy atom. The van der Waals surface area contributed by atoms with E-state index in [0.29, 0.717) is 0 Å².